The highest BCUT2D eigenvalue weighted by atomic mass is 16.7. The summed E-state index contributed by atoms with van der Waals surface area (Å²) in [6.45, 7) is 6.93. The maximum absolute atomic E-state index is 13.1. The molecule has 0 aromatic heterocycles. The van der Waals surface area contributed by atoms with Crippen molar-refractivity contribution in [3.63, 3.8) is 0 Å². The first-order chi connectivity index (χ1) is 14.0. The molecule has 1 aliphatic rings. The SMILES string of the molecule is CCOC(CN1C(=O)C(NC(=O)Nc2cccc(C)c2)c2ccccc21)OCC. The summed E-state index contributed by atoms with van der Waals surface area (Å²) < 4.78 is 11.2. The third-order valence-corrected chi connectivity index (χ3v) is 4.64. The Morgan fingerprint density at radius 3 is 2.52 bits per heavy atom. The number of aryl methyl sites for hydroxylation is 1. The van der Waals surface area contributed by atoms with Crippen molar-refractivity contribution < 1.29 is 19.1 Å². The third-order valence-electron chi connectivity index (χ3n) is 4.64. The largest absolute Gasteiger partial charge is 0.351 e. The first kappa shape index (κ1) is 20.8. The summed E-state index contributed by atoms with van der Waals surface area (Å²) in [5.41, 5.74) is 3.21. The average molecular weight is 397 g/mol. The van der Waals surface area contributed by atoms with E-state index < -0.39 is 18.4 Å². The Hall–Kier alpha value is -2.90. The lowest BCUT2D eigenvalue weighted by Crippen LogP contribution is -2.43. The van der Waals surface area contributed by atoms with Crippen LogP contribution in [0.5, 0.6) is 0 Å². The number of carbonyl (C=O) groups excluding carboxylic acids is 2. The summed E-state index contributed by atoms with van der Waals surface area (Å²) >= 11 is 0. The summed E-state index contributed by atoms with van der Waals surface area (Å²) in [6.07, 6.45) is -0.526. The third kappa shape index (κ3) is 4.93. The van der Waals surface area contributed by atoms with Crippen molar-refractivity contribution in [1.29, 1.82) is 0 Å². The van der Waals surface area contributed by atoms with Crippen LogP contribution in [-0.4, -0.2) is 38.0 Å². The minimum atomic E-state index is -0.764. The fourth-order valence-corrected chi connectivity index (χ4v) is 3.41. The maximum Gasteiger partial charge on any atom is 0.320 e. The molecule has 0 aliphatic carbocycles. The van der Waals surface area contributed by atoms with Gasteiger partial charge in [0.05, 0.1) is 6.54 Å². The molecule has 3 amide bonds. The van der Waals surface area contributed by atoms with Crippen molar-refractivity contribution >= 4 is 23.3 Å². The Labute approximate surface area is 171 Å². The van der Waals surface area contributed by atoms with Gasteiger partial charge < -0.3 is 25.0 Å². The summed E-state index contributed by atoms with van der Waals surface area (Å²) in [6, 6.07) is 13.7. The van der Waals surface area contributed by atoms with Crippen LogP contribution in [0.3, 0.4) is 0 Å². The molecule has 1 heterocycles. The van der Waals surface area contributed by atoms with Gasteiger partial charge in [0.2, 0.25) is 0 Å². The molecule has 2 aromatic rings. The second kappa shape index (κ2) is 9.54. The van der Waals surface area contributed by atoms with Gasteiger partial charge in [0.25, 0.3) is 5.91 Å². The van der Waals surface area contributed by atoms with E-state index in [4.69, 9.17) is 9.47 Å². The summed E-state index contributed by atoms with van der Waals surface area (Å²) in [4.78, 5) is 27.3. The number of para-hydroxylation sites is 1. The van der Waals surface area contributed by atoms with Crippen LogP contribution in [0, 0.1) is 6.92 Å². The molecule has 2 N–H and O–H groups in total. The molecule has 7 heteroatoms. The van der Waals surface area contributed by atoms with E-state index in [1.54, 1.807) is 11.0 Å². The van der Waals surface area contributed by atoms with E-state index >= 15 is 0 Å². The van der Waals surface area contributed by atoms with E-state index in [2.05, 4.69) is 10.6 Å². The van der Waals surface area contributed by atoms with Crippen LogP contribution in [0.15, 0.2) is 48.5 Å². The first-order valence-electron chi connectivity index (χ1n) is 9.81. The number of urea groups is 1. The summed E-state index contributed by atoms with van der Waals surface area (Å²) in [5.74, 6) is -0.213. The van der Waals surface area contributed by atoms with Crippen molar-refractivity contribution in [3.8, 4) is 0 Å². The molecule has 29 heavy (non-hydrogen) atoms. The Morgan fingerprint density at radius 2 is 1.83 bits per heavy atom. The zero-order chi connectivity index (χ0) is 20.8. The second-order valence-corrected chi connectivity index (χ2v) is 6.75. The Bertz CT molecular complexity index is 865. The molecular formula is C22H27N3O4. The number of hydrogen-bond acceptors (Lipinski definition) is 4. The van der Waals surface area contributed by atoms with Crippen molar-refractivity contribution in [2.75, 3.05) is 30.0 Å². The molecule has 0 fully saturated rings. The van der Waals surface area contributed by atoms with Gasteiger partial charge in [-0.2, -0.15) is 0 Å². The Morgan fingerprint density at radius 1 is 1.10 bits per heavy atom. The molecule has 7 nitrogen and oxygen atoms in total. The predicted octanol–water partition coefficient (Wildman–Crippen LogP) is 3.60. The monoisotopic (exact) mass is 397 g/mol. The van der Waals surface area contributed by atoms with Crippen LogP contribution < -0.4 is 15.5 Å². The highest BCUT2D eigenvalue weighted by Crippen LogP contribution is 2.36. The zero-order valence-corrected chi connectivity index (χ0v) is 17.0. The van der Waals surface area contributed by atoms with Gasteiger partial charge in [0, 0.05) is 30.2 Å². The number of nitrogens with zero attached hydrogens (tertiary/aromatic N) is 1. The van der Waals surface area contributed by atoms with Crippen LogP contribution in [0.2, 0.25) is 0 Å². The fourth-order valence-electron chi connectivity index (χ4n) is 3.41. The molecule has 0 saturated carbocycles. The van der Waals surface area contributed by atoms with E-state index in [-0.39, 0.29) is 12.5 Å². The van der Waals surface area contributed by atoms with Gasteiger partial charge in [-0.25, -0.2) is 4.79 Å². The van der Waals surface area contributed by atoms with Gasteiger partial charge in [-0.15, -0.1) is 0 Å². The molecule has 2 aromatic carbocycles. The highest BCUT2D eigenvalue weighted by Gasteiger charge is 2.39. The van der Waals surface area contributed by atoms with Crippen molar-refractivity contribution in [2.24, 2.45) is 0 Å². The van der Waals surface area contributed by atoms with Crippen LogP contribution in [0.4, 0.5) is 16.2 Å². The Balaban J connectivity index is 1.75. The van der Waals surface area contributed by atoms with Crippen LogP contribution in [0.1, 0.15) is 31.0 Å². The minimum absolute atomic E-state index is 0.213. The standard InChI is InChI=1S/C22H27N3O4/c1-4-28-19(29-5-2)14-25-18-12-7-6-11-17(18)20(21(25)26)24-22(27)23-16-10-8-9-15(3)13-16/h6-13,19-20H,4-5,14H2,1-3H3,(H2,23,24,27). The lowest BCUT2D eigenvalue weighted by Gasteiger charge is -2.24. The number of benzene rings is 2. The van der Waals surface area contributed by atoms with Crippen LogP contribution >= 0.6 is 0 Å². The smallest absolute Gasteiger partial charge is 0.320 e. The minimum Gasteiger partial charge on any atom is -0.351 e. The molecule has 3 rings (SSSR count). The summed E-state index contributed by atoms with van der Waals surface area (Å²) in [5, 5.41) is 5.58. The van der Waals surface area contributed by atoms with Gasteiger partial charge >= 0.3 is 6.03 Å². The average Bonchev–Trinajstić information content (AvgIpc) is 2.94. The van der Waals surface area contributed by atoms with Crippen molar-refractivity contribution in [3.05, 3.63) is 59.7 Å². The van der Waals surface area contributed by atoms with Crippen molar-refractivity contribution in [2.45, 2.75) is 33.1 Å². The first-order valence-corrected chi connectivity index (χ1v) is 9.81. The topological polar surface area (TPSA) is 79.9 Å². The molecule has 1 unspecified atom stereocenters. The number of anilines is 2. The molecular weight excluding hydrogens is 370 g/mol. The van der Waals surface area contributed by atoms with Gasteiger partial charge in [0.15, 0.2) is 6.29 Å². The number of nitrogens with one attached hydrogen (secondary N) is 2. The second-order valence-electron chi connectivity index (χ2n) is 6.75. The number of hydrogen-bond donors (Lipinski definition) is 2. The van der Waals surface area contributed by atoms with E-state index in [1.165, 1.54) is 0 Å². The normalized spacial score (nSPS) is 15.5. The number of fused-ring (bicyclic) bond motifs is 1. The molecule has 0 spiro atoms. The Kier molecular flexibility index (Phi) is 6.85. The number of amides is 3. The quantitative estimate of drug-likeness (QED) is 0.667. The van der Waals surface area contributed by atoms with Crippen LogP contribution in [-0.2, 0) is 14.3 Å². The molecule has 154 valence electrons. The number of ether oxygens (including phenoxy) is 2. The van der Waals surface area contributed by atoms with E-state index in [0.717, 1.165) is 16.8 Å². The van der Waals surface area contributed by atoms with E-state index in [1.807, 2.05) is 63.2 Å². The maximum atomic E-state index is 13.1. The summed E-state index contributed by atoms with van der Waals surface area (Å²) in [7, 11) is 0. The predicted molar refractivity (Wildman–Crippen MR) is 112 cm³/mol. The van der Waals surface area contributed by atoms with E-state index in [9.17, 15) is 9.59 Å². The molecule has 0 bridgehead atoms. The van der Waals surface area contributed by atoms with Crippen molar-refractivity contribution in [1.82, 2.24) is 5.32 Å². The van der Waals surface area contributed by atoms with Gasteiger partial charge in [0.1, 0.15) is 6.04 Å². The van der Waals surface area contributed by atoms with Gasteiger partial charge in [-0.3, -0.25) is 4.79 Å². The molecule has 0 saturated heterocycles. The molecule has 1 atom stereocenters. The van der Waals surface area contributed by atoms with Crippen LogP contribution in [0.25, 0.3) is 0 Å². The highest BCUT2D eigenvalue weighted by molar-refractivity contribution is 6.07. The number of rotatable bonds is 8. The van der Waals surface area contributed by atoms with Gasteiger partial charge in [-0.1, -0.05) is 30.3 Å². The number of carbonyl (C=O) groups is 2. The molecule has 1 aliphatic heterocycles. The lowest BCUT2D eigenvalue weighted by molar-refractivity contribution is -0.135. The lowest BCUT2D eigenvalue weighted by atomic mass is 10.1. The zero-order valence-electron chi connectivity index (χ0n) is 17.0. The fraction of sp³-hybridized carbons (Fsp3) is 0.364. The van der Waals surface area contributed by atoms with Gasteiger partial charge in [-0.05, 0) is 44.5 Å². The molecule has 0 radical (unpaired) electrons. The van der Waals surface area contributed by atoms with E-state index in [0.29, 0.717) is 18.9 Å².